The van der Waals surface area contributed by atoms with Gasteiger partial charge in [0.25, 0.3) is 0 Å². The summed E-state index contributed by atoms with van der Waals surface area (Å²) in [6.45, 7) is 6.54. The minimum atomic E-state index is -0.600. The molecule has 6 nitrogen and oxygen atoms in total. The van der Waals surface area contributed by atoms with Crippen molar-refractivity contribution in [2.24, 2.45) is 0 Å². The van der Waals surface area contributed by atoms with Gasteiger partial charge in [0.2, 0.25) is 5.78 Å². The van der Waals surface area contributed by atoms with Crippen LogP contribution < -0.4 is 4.74 Å². The summed E-state index contributed by atoms with van der Waals surface area (Å²) in [7, 11) is 1.61. The van der Waals surface area contributed by atoms with E-state index in [4.69, 9.17) is 9.47 Å². The van der Waals surface area contributed by atoms with E-state index in [1.165, 1.54) is 11.3 Å². The van der Waals surface area contributed by atoms with E-state index in [1.54, 1.807) is 12.5 Å². The van der Waals surface area contributed by atoms with Gasteiger partial charge in [0.1, 0.15) is 10.8 Å². The molecule has 0 spiro atoms. The maximum absolute atomic E-state index is 12.5. The first-order chi connectivity index (χ1) is 13.9. The monoisotopic (exact) mass is 412 g/mol. The van der Waals surface area contributed by atoms with Crippen molar-refractivity contribution in [2.75, 3.05) is 13.7 Å². The van der Waals surface area contributed by atoms with Crippen LogP contribution >= 0.6 is 11.3 Å². The third-order valence-corrected chi connectivity index (χ3v) is 5.60. The molecule has 29 heavy (non-hydrogen) atoms. The number of methoxy groups -OCH3 is 1. The summed E-state index contributed by atoms with van der Waals surface area (Å²) in [4.78, 5) is 29.2. The lowest BCUT2D eigenvalue weighted by Gasteiger charge is -2.07. The lowest BCUT2D eigenvalue weighted by Crippen LogP contribution is -2.15. The highest BCUT2D eigenvalue weighted by atomic mass is 32.1. The molecule has 0 amide bonds. The van der Waals surface area contributed by atoms with Crippen molar-refractivity contribution < 1.29 is 19.1 Å². The highest BCUT2D eigenvalue weighted by Crippen LogP contribution is 2.26. The van der Waals surface area contributed by atoms with Gasteiger partial charge in [0.15, 0.2) is 12.3 Å². The zero-order chi connectivity index (χ0) is 21.0. The molecule has 7 heteroatoms. The van der Waals surface area contributed by atoms with Gasteiger partial charge in [-0.3, -0.25) is 4.79 Å². The highest BCUT2D eigenvalue weighted by molar-refractivity contribution is 7.13. The standard InChI is InChI=1S/C22H24N2O4S/c1-5-10-24-14(2)11-18(15(24)3)20(25)12-28-22(26)19-13-29-21(23-19)16-6-8-17(27-4)9-7-16/h6-9,11,13H,5,10,12H2,1-4H3. The average molecular weight is 413 g/mol. The molecule has 2 aromatic heterocycles. The van der Waals surface area contributed by atoms with Crippen LogP contribution in [0.25, 0.3) is 10.6 Å². The van der Waals surface area contributed by atoms with Crippen LogP contribution in [0.5, 0.6) is 5.75 Å². The van der Waals surface area contributed by atoms with Crippen LogP contribution in [-0.4, -0.2) is 35.0 Å². The Morgan fingerprint density at radius 2 is 1.90 bits per heavy atom. The normalized spacial score (nSPS) is 10.8. The summed E-state index contributed by atoms with van der Waals surface area (Å²) >= 11 is 1.35. The van der Waals surface area contributed by atoms with Crippen LogP contribution in [0.2, 0.25) is 0 Å². The van der Waals surface area contributed by atoms with Crippen LogP contribution in [-0.2, 0) is 11.3 Å². The van der Waals surface area contributed by atoms with Gasteiger partial charge in [0, 0.05) is 34.4 Å². The maximum atomic E-state index is 12.5. The number of ketones is 1. The second-order valence-electron chi connectivity index (χ2n) is 6.70. The number of thiazole rings is 1. The Morgan fingerprint density at radius 1 is 1.17 bits per heavy atom. The second-order valence-corrected chi connectivity index (χ2v) is 7.56. The Balaban J connectivity index is 1.64. The predicted octanol–water partition coefficient (Wildman–Crippen LogP) is 4.69. The van der Waals surface area contributed by atoms with Gasteiger partial charge >= 0.3 is 5.97 Å². The first-order valence-electron chi connectivity index (χ1n) is 9.41. The molecule has 0 aliphatic rings. The Bertz CT molecular complexity index is 1020. The summed E-state index contributed by atoms with van der Waals surface area (Å²) in [5.74, 6) is -0.0575. The third kappa shape index (κ3) is 4.56. The molecule has 3 aromatic rings. The smallest absolute Gasteiger partial charge is 0.358 e. The fourth-order valence-electron chi connectivity index (χ4n) is 3.17. The number of rotatable bonds is 8. The van der Waals surface area contributed by atoms with Gasteiger partial charge in [-0.1, -0.05) is 6.92 Å². The molecule has 0 fully saturated rings. The van der Waals surface area contributed by atoms with Crippen molar-refractivity contribution in [1.82, 2.24) is 9.55 Å². The van der Waals surface area contributed by atoms with Crippen molar-refractivity contribution >= 4 is 23.1 Å². The summed E-state index contributed by atoms with van der Waals surface area (Å²) in [6, 6.07) is 9.28. The number of ether oxygens (including phenoxy) is 2. The highest BCUT2D eigenvalue weighted by Gasteiger charge is 2.19. The number of benzene rings is 1. The molecular weight excluding hydrogens is 388 g/mol. The van der Waals surface area contributed by atoms with E-state index in [0.717, 1.165) is 35.7 Å². The van der Waals surface area contributed by atoms with Crippen LogP contribution in [0.4, 0.5) is 0 Å². The SMILES string of the molecule is CCCn1c(C)cc(C(=O)COC(=O)c2csc(-c3ccc(OC)cc3)n2)c1C. The fourth-order valence-corrected chi connectivity index (χ4v) is 3.96. The molecule has 0 unspecified atom stereocenters. The van der Waals surface area contributed by atoms with Gasteiger partial charge < -0.3 is 14.0 Å². The molecule has 0 aliphatic carbocycles. The summed E-state index contributed by atoms with van der Waals surface area (Å²) in [6.07, 6.45) is 0.985. The Hall–Kier alpha value is -2.93. The molecule has 152 valence electrons. The minimum absolute atomic E-state index is 0.199. The number of Topliss-reactive ketones (excluding diaryl/α,β-unsaturated/α-hetero) is 1. The number of hydrogen-bond acceptors (Lipinski definition) is 6. The number of esters is 1. The van der Waals surface area contributed by atoms with Gasteiger partial charge in [0.05, 0.1) is 7.11 Å². The van der Waals surface area contributed by atoms with Gasteiger partial charge in [-0.25, -0.2) is 9.78 Å². The number of hydrogen-bond donors (Lipinski definition) is 0. The van der Waals surface area contributed by atoms with E-state index < -0.39 is 5.97 Å². The Morgan fingerprint density at radius 3 is 2.55 bits per heavy atom. The van der Waals surface area contributed by atoms with Gasteiger partial charge in [-0.15, -0.1) is 11.3 Å². The van der Waals surface area contributed by atoms with Crippen molar-refractivity contribution in [3.05, 3.63) is 58.4 Å². The second kappa shape index (κ2) is 9.05. The molecule has 3 rings (SSSR count). The molecule has 0 radical (unpaired) electrons. The lowest BCUT2D eigenvalue weighted by atomic mass is 10.1. The summed E-state index contributed by atoms with van der Waals surface area (Å²) < 4.78 is 12.5. The number of aryl methyl sites for hydroxylation is 1. The molecule has 0 N–H and O–H groups in total. The van der Waals surface area contributed by atoms with Crippen LogP contribution in [0.1, 0.15) is 45.6 Å². The first-order valence-corrected chi connectivity index (χ1v) is 10.3. The molecule has 1 aromatic carbocycles. The van der Waals surface area contributed by atoms with E-state index >= 15 is 0 Å². The lowest BCUT2D eigenvalue weighted by molar-refractivity contribution is 0.0469. The molecule has 0 bridgehead atoms. The first kappa shape index (κ1) is 20.8. The predicted molar refractivity (Wildman–Crippen MR) is 113 cm³/mol. The van der Waals surface area contributed by atoms with Crippen molar-refractivity contribution in [3.8, 4) is 16.3 Å². The molecule has 2 heterocycles. The van der Waals surface area contributed by atoms with E-state index in [-0.39, 0.29) is 18.1 Å². The number of carbonyl (C=O) groups excluding carboxylic acids is 2. The topological polar surface area (TPSA) is 70.4 Å². The van der Waals surface area contributed by atoms with Crippen LogP contribution in [0.3, 0.4) is 0 Å². The Labute approximate surface area is 174 Å². The quantitative estimate of drug-likeness (QED) is 0.397. The van der Waals surface area contributed by atoms with Gasteiger partial charge in [-0.05, 0) is 50.6 Å². The van der Waals surface area contributed by atoms with Crippen molar-refractivity contribution in [1.29, 1.82) is 0 Å². The van der Waals surface area contributed by atoms with Crippen molar-refractivity contribution in [2.45, 2.75) is 33.7 Å². The third-order valence-electron chi connectivity index (χ3n) is 4.71. The van der Waals surface area contributed by atoms with Crippen LogP contribution in [0.15, 0.2) is 35.7 Å². The van der Waals surface area contributed by atoms with E-state index in [1.807, 2.05) is 44.2 Å². The summed E-state index contributed by atoms with van der Waals surface area (Å²) in [5, 5.41) is 2.34. The molecule has 0 saturated carbocycles. The summed E-state index contributed by atoms with van der Waals surface area (Å²) in [5.41, 5.74) is 3.61. The fraction of sp³-hybridized carbons (Fsp3) is 0.318. The largest absolute Gasteiger partial charge is 0.497 e. The van der Waals surface area contributed by atoms with Crippen molar-refractivity contribution in [3.63, 3.8) is 0 Å². The van der Waals surface area contributed by atoms with E-state index in [2.05, 4.69) is 16.5 Å². The van der Waals surface area contributed by atoms with E-state index in [9.17, 15) is 9.59 Å². The molecule has 0 saturated heterocycles. The average Bonchev–Trinajstić information content (AvgIpc) is 3.33. The Kier molecular flexibility index (Phi) is 6.49. The maximum Gasteiger partial charge on any atom is 0.358 e. The molecule has 0 atom stereocenters. The van der Waals surface area contributed by atoms with Crippen LogP contribution in [0, 0.1) is 13.8 Å². The molecule has 0 aliphatic heterocycles. The minimum Gasteiger partial charge on any atom is -0.497 e. The molecular formula is C22H24N2O4S. The zero-order valence-electron chi connectivity index (χ0n) is 17.0. The zero-order valence-corrected chi connectivity index (χ0v) is 17.8. The number of carbonyl (C=O) groups is 2. The van der Waals surface area contributed by atoms with E-state index in [0.29, 0.717) is 10.6 Å². The number of aromatic nitrogens is 2. The van der Waals surface area contributed by atoms with Gasteiger partial charge in [-0.2, -0.15) is 0 Å². The number of nitrogens with zero attached hydrogens (tertiary/aromatic N) is 2.